The minimum atomic E-state index is -3.72. The largest absolute Gasteiger partial charge is 0.482 e. The first-order valence-corrected chi connectivity index (χ1v) is 12.6. The van der Waals surface area contributed by atoms with Crippen LogP contribution in [-0.4, -0.2) is 56.8 Å². The molecule has 1 aliphatic rings. The van der Waals surface area contributed by atoms with Crippen LogP contribution in [0.25, 0.3) is 0 Å². The number of hydrogen-bond donors (Lipinski definition) is 1. The van der Waals surface area contributed by atoms with Gasteiger partial charge in [-0.1, -0.05) is 51.1 Å². The molecule has 8 nitrogen and oxygen atoms in total. The van der Waals surface area contributed by atoms with Gasteiger partial charge < -0.3 is 10.1 Å². The van der Waals surface area contributed by atoms with Crippen LogP contribution in [0.2, 0.25) is 0 Å². The smallest absolute Gasteiger partial charge is 0.265 e. The minimum absolute atomic E-state index is 0.0594. The molecule has 33 heavy (non-hydrogen) atoms. The van der Waals surface area contributed by atoms with Crippen molar-refractivity contribution >= 4 is 27.5 Å². The van der Waals surface area contributed by atoms with E-state index >= 15 is 0 Å². The number of benzene rings is 2. The van der Waals surface area contributed by atoms with Crippen molar-refractivity contribution in [2.75, 3.05) is 31.1 Å². The van der Waals surface area contributed by atoms with E-state index in [-0.39, 0.29) is 35.7 Å². The van der Waals surface area contributed by atoms with Crippen LogP contribution in [-0.2, 0) is 26.0 Å². The second-order valence-corrected chi connectivity index (χ2v) is 9.79. The maximum Gasteiger partial charge on any atom is 0.265 e. The van der Waals surface area contributed by atoms with Gasteiger partial charge in [-0.3, -0.25) is 14.5 Å². The van der Waals surface area contributed by atoms with E-state index in [1.165, 1.54) is 27.4 Å². The highest BCUT2D eigenvalue weighted by Gasteiger charge is 2.31. The summed E-state index contributed by atoms with van der Waals surface area (Å²) >= 11 is 0. The van der Waals surface area contributed by atoms with Gasteiger partial charge in [0.05, 0.1) is 10.6 Å². The van der Waals surface area contributed by atoms with Crippen molar-refractivity contribution in [3.8, 4) is 5.75 Å². The zero-order valence-corrected chi connectivity index (χ0v) is 20.1. The number of anilines is 1. The summed E-state index contributed by atoms with van der Waals surface area (Å²) in [5.41, 5.74) is 1.40. The normalized spacial score (nSPS) is 14.5. The van der Waals surface area contributed by atoms with E-state index in [9.17, 15) is 18.0 Å². The van der Waals surface area contributed by atoms with Crippen molar-refractivity contribution in [1.29, 1.82) is 0 Å². The lowest BCUT2D eigenvalue weighted by molar-refractivity contribution is -0.125. The maximum absolute atomic E-state index is 13.0. The summed E-state index contributed by atoms with van der Waals surface area (Å²) in [4.78, 5) is 26.8. The van der Waals surface area contributed by atoms with Crippen LogP contribution in [0, 0.1) is 0 Å². The van der Waals surface area contributed by atoms with Crippen LogP contribution >= 0.6 is 0 Å². The number of nitrogens with one attached hydrogen (secondary N) is 1. The molecule has 178 valence electrons. The fourth-order valence-corrected chi connectivity index (χ4v) is 5.32. The number of carbonyl (C=O) groups is 2. The maximum atomic E-state index is 13.0. The summed E-state index contributed by atoms with van der Waals surface area (Å²) in [5, 5.41) is 3.00. The van der Waals surface area contributed by atoms with E-state index < -0.39 is 15.9 Å². The summed E-state index contributed by atoms with van der Waals surface area (Å²) in [6.45, 7) is 5.77. The van der Waals surface area contributed by atoms with Gasteiger partial charge in [-0.15, -0.1) is 0 Å². The summed E-state index contributed by atoms with van der Waals surface area (Å²) in [6, 6.07) is 14.2. The minimum Gasteiger partial charge on any atom is -0.482 e. The molecule has 2 aromatic carbocycles. The van der Waals surface area contributed by atoms with Gasteiger partial charge in [0, 0.05) is 19.1 Å². The fourth-order valence-electron chi connectivity index (χ4n) is 3.84. The van der Waals surface area contributed by atoms with Crippen LogP contribution in [0.3, 0.4) is 0 Å². The first kappa shape index (κ1) is 24.7. The first-order valence-electron chi connectivity index (χ1n) is 11.2. The molecule has 1 aliphatic heterocycles. The summed E-state index contributed by atoms with van der Waals surface area (Å²) in [7, 11) is -3.72. The van der Waals surface area contributed by atoms with Gasteiger partial charge in [-0.25, -0.2) is 8.42 Å². The molecule has 1 unspecified atom stereocenters. The van der Waals surface area contributed by atoms with Crippen molar-refractivity contribution in [3.05, 3.63) is 54.1 Å². The van der Waals surface area contributed by atoms with E-state index in [4.69, 9.17) is 4.74 Å². The fraction of sp³-hybridized carbons (Fsp3) is 0.417. The lowest BCUT2D eigenvalue weighted by Crippen LogP contribution is -2.47. The number of ether oxygens (including phenoxy) is 1. The Balaban J connectivity index is 1.80. The Morgan fingerprint density at radius 1 is 1.12 bits per heavy atom. The van der Waals surface area contributed by atoms with Gasteiger partial charge in [0.1, 0.15) is 12.3 Å². The molecule has 0 aliphatic carbocycles. The number of fused-ring (bicyclic) bond motifs is 1. The number of hydrogen-bond acceptors (Lipinski definition) is 5. The van der Waals surface area contributed by atoms with Crippen molar-refractivity contribution in [2.24, 2.45) is 0 Å². The molecule has 1 atom stereocenters. The molecule has 0 saturated heterocycles. The Morgan fingerprint density at radius 2 is 1.82 bits per heavy atom. The Kier molecular flexibility index (Phi) is 8.10. The molecular weight excluding hydrogens is 442 g/mol. The van der Waals surface area contributed by atoms with Gasteiger partial charge in [-0.2, -0.15) is 4.31 Å². The number of nitrogens with zero attached hydrogens (tertiary/aromatic N) is 2. The molecule has 9 heteroatoms. The Hall–Kier alpha value is -2.91. The third-order valence-electron chi connectivity index (χ3n) is 5.70. The first-order chi connectivity index (χ1) is 15.8. The van der Waals surface area contributed by atoms with Gasteiger partial charge in [0.15, 0.2) is 6.61 Å². The Labute approximate surface area is 195 Å². The number of sulfonamides is 1. The zero-order valence-electron chi connectivity index (χ0n) is 19.3. The topological polar surface area (TPSA) is 96.0 Å². The molecule has 0 saturated carbocycles. The van der Waals surface area contributed by atoms with Gasteiger partial charge in [-0.05, 0) is 36.6 Å². The van der Waals surface area contributed by atoms with E-state index in [0.717, 1.165) is 12.0 Å². The molecule has 1 N–H and O–H groups in total. The van der Waals surface area contributed by atoms with Crippen molar-refractivity contribution in [3.63, 3.8) is 0 Å². The number of amides is 2. The van der Waals surface area contributed by atoms with Crippen LogP contribution in [0.4, 0.5) is 5.69 Å². The third kappa shape index (κ3) is 5.72. The monoisotopic (exact) mass is 473 g/mol. The summed E-state index contributed by atoms with van der Waals surface area (Å²) in [5.74, 6) is -0.334. The molecule has 1 heterocycles. The Morgan fingerprint density at radius 3 is 2.45 bits per heavy atom. The molecular formula is C24H31N3O5S. The van der Waals surface area contributed by atoms with Gasteiger partial charge in [0.2, 0.25) is 15.9 Å². The SMILES string of the molecule is CCC(Cc1ccccc1)NC(=O)CN1C(=O)COc2ccc(S(=O)(=O)N(CC)CC)cc21. The molecule has 0 bridgehead atoms. The van der Waals surface area contributed by atoms with Crippen molar-refractivity contribution in [1.82, 2.24) is 9.62 Å². The molecule has 0 aromatic heterocycles. The highest BCUT2D eigenvalue weighted by atomic mass is 32.2. The molecule has 0 fully saturated rings. The number of carbonyl (C=O) groups excluding carboxylic acids is 2. The second kappa shape index (κ2) is 10.8. The van der Waals surface area contributed by atoms with Gasteiger partial charge >= 0.3 is 0 Å². The highest BCUT2D eigenvalue weighted by molar-refractivity contribution is 7.89. The molecule has 0 spiro atoms. The third-order valence-corrected chi connectivity index (χ3v) is 7.75. The average molecular weight is 474 g/mol. The van der Waals surface area contributed by atoms with Gasteiger partial charge in [0.25, 0.3) is 5.91 Å². The van der Waals surface area contributed by atoms with Crippen molar-refractivity contribution < 1.29 is 22.7 Å². The second-order valence-electron chi connectivity index (χ2n) is 7.85. The highest BCUT2D eigenvalue weighted by Crippen LogP contribution is 2.34. The lowest BCUT2D eigenvalue weighted by atomic mass is 10.0. The average Bonchev–Trinajstić information content (AvgIpc) is 2.81. The number of rotatable bonds is 10. The molecule has 3 rings (SSSR count). The van der Waals surface area contributed by atoms with E-state index in [2.05, 4.69) is 5.32 Å². The van der Waals surface area contributed by atoms with Crippen molar-refractivity contribution in [2.45, 2.75) is 44.6 Å². The zero-order chi connectivity index (χ0) is 24.0. The van der Waals surface area contributed by atoms with Crippen LogP contribution in [0.5, 0.6) is 5.75 Å². The van der Waals surface area contributed by atoms with E-state index in [1.54, 1.807) is 13.8 Å². The van der Waals surface area contributed by atoms with E-state index in [0.29, 0.717) is 25.3 Å². The molecule has 2 aromatic rings. The van der Waals surface area contributed by atoms with E-state index in [1.807, 2.05) is 37.3 Å². The Bertz CT molecular complexity index is 1080. The standard InChI is InChI=1S/C24H31N3O5S/c1-4-19(14-18-10-8-7-9-11-18)25-23(28)16-27-21-15-20(33(30,31)26(5-2)6-3)12-13-22(21)32-17-24(27)29/h7-13,15,19H,4-6,14,16-17H2,1-3H3,(H,25,28). The quantitative estimate of drug-likeness (QED) is 0.572. The molecule has 0 radical (unpaired) electrons. The predicted octanol–water partition coefficient (Wildman–Crippen LogP) is 2.58. The summed E-state index contributed by atoms with van der Waals surface area (Å²) in [6.07, 6.45) is 1.42. The van der Waals surface area contributed by atoms with Crippen LogP contribution in [0.1, 0.15) is 32.8 Å². The predicted molar refractivity (Wildman–Crippen MR) is 127 cm³/mol. The lowest BCUT2D eigenvalue weighted by Gasteiger charge is -2.30. The van der Waals surface area contributed by atoms with Crippen LogP contribution in [0.15, 0.2) is 53.4 Å². The van der Waals surface area contributed by atoms with Crippen LogP contribution < -0.4 is 15.0 Å². The molecule has 2 amide bonds. The summed E-state index contributed by atoms with van der Waals surface area (Å²) < 4.78 is 32.7.